The Bertz CT molecular complexity index is 1720. The number of carbonyl (C=O) groups is 2. The molecule has 4 rings (SSSR count). The van der Waals surface area contributed by atoms with Gasteiger partial charge in [0.1, 0.15) is 17.7 Å². The Hall–Kier alpha value is -4.97. The molecule has 2 aromatic carbocycles. The summed E-state index contributed by atoms with van der Waals surface area (Å²) in [7, 11) is -2.00. The van der Waals surface area contributed by atoms with E-state index in [0.29, 0.717) is 22.3 Å². The number of carbonyl (C=O) groups excluding carboxylic acids is 1. The van der Waals surface area contributed by atoms with Crippen molar-refractivity contribution in [2.24, 2.45) is 0 Å². The summed E-state index contributed by atoms with van der Waals surface area (Å²) in [6.07, 6.45) is 5.58. The van der Waals surface area contributed by atoms with Gasteiger partial charge in [-0.25, -0.2) is 14.2 Å². The van der Waals surface area contributed by atoms with Crippen LogP contribution in [0.3, 0.4) is 0 Å². The van der Waals surface area contributed by atoms with Crippen molar-refractivity contribution in [1.82, 2.24) is 35.9 Å². The Morgan fingerprint density at radius 1 is 1.30 bits per heavy atom. The zero-order valence-corrected chi connectivity index (χ0v) is 22.1. The van der Waals surface area contributed by atoms with E-state index in [4.69, 9.17) is 6.42 Å². The number of carboxylic acid groups (broad SMARTS) is 1. The van der Waals surface area contributed by atoms with Gasteiger partial charge in [-0.05, 0) is 54.5 Å². The van der Waals surface area contributed by atoms with Gasteiger partial charge >= 0.3 is 5.97 Å². The fraction of sp³-hybridized carbons (Fsp3) is 0.240. The van der Waals surface area contributed by atoms with Gasteiger partial charge < -0.3 is 20.3 Å². The molecule has 2 atom stereocenters. The van der Waals surface area contributed by atoms with Gasteiger partial charge in [0.25, 0.3) is 16.6 Å². The second-order valence-electron chi connectivity index (χ2n) is 8.71. The SMILES string of the molecule is C#CCN(Cc1cc2c(=O)[nH]c(C)nc2cc1C)c1c(F)cccc1C(=O)N[C@@H](CS(=O)c1nn[nH]n1)C(=O)O. The molecule has 0 radical (unpaired) electrons. The molecule has 0 aliphatic heterocycles. The minimum atomic E-state index is -2.00. The van der Waals surface area contributed by atoms with Crippen LogP contribution >= 0.6 is 0 Å². The molecule has 0 bridgehead atoms. The number of nitrogens with one attached hydrogen (secondary N) is 3. The van der Waals surface area contributed by atoms with Crippen molar-refractivity contribution in [2.75, 3.05) is 17.2 Å². The van der Waals surface area contributed by atoms with Gasteiger partial charge in [-0.15, -0.1) is 11.5 Å². The molecule has 0 aliphatic rings. The molecule has 1 amide bonds. The van der Waals surface area contributed by atoms with Crippen LogP contribution in [0.5, 0.6) is 0 Å². The van der Waals surface area contributed by atoms with E-state index in [1.807, 2.05) is 0 Å². The van der Waals surface area contributed by atoms with E-state index in [-0.39, 0.29) is 35.1 Å². The molecule has 0 fully saturated rings. The molecule has 2 aromatic heterocycles. The van der Waals surface area contributed by atoms with Gasteiger partial charge in [-0.3, -0.25) is 13.8 Å². The van der Waals surface area contributed by atoms with E-state index < -0.39 is 40.3 Å². The number of aromatic nitrogens is 6. The third kappa shape index (κ3) is 6.02. The summed E-state index contributed by atoms with van der Waals surface area (Å²) in [6.45, 7) is 3.37. The highest BCUT2D eigenvalue weighted by Gasteiger charge is 2.28. The van der Waals surface area contributed by atoms with Crippen LogP contribution in [-0.2, 0) is 22.1 Å². The van der Waals surface area contributed by atoms with E-state index in [1.165, 1.54) is 17.0 Å². The second-order valence-corrected chi connectivity index (χ2v) is 10.1. The van der Waals surface area contributed by atoms with Gasteiger partial charge in [-0.2, -0.15) is 5.21 Å². The van der Waals surface area contributed by atoms with Gasteiger partial charge in [0.15, 0.2) is 0 Å². The lowest BCUT2D eigenvalue weighted by Gasteiger charge is -2.26. The number of terminal acetylenes is 1. The smallest absolute Gasteiger partial charge is 0.327 e. The maximum absolute atomic E-state index is 15.3. The summed E-state index contributed by atoms with van der Waals surface area (Å²) < 4.78 is 27.7. The maximum atomic E-state index is 15.3. The Morgan fingerprint density at radius 2 is 2.08 bits per heavy atom. The third-order valence-electron chi connectivity index (χ3n) is 5.92. The molecular weight excluding hydrogens is 543 g/mol. The fourth-order valence-corrected chi connectivity index (χ4v) is 5.01. The first-order valence-electron chi connectivity index (χ1n) is 11.7. The number of anilines is 1. The normalized spacial score (nSPS) is 12.4. The summed E-state index contributed by atoms with van der Waals surface area (Å²) in [5.41, 5.74) is 1.18. The Morgan fingerprint density at radius 3 is 2.75 bits per heavy atom. The van der Waals surface area contributed by atoms with Crippen LogP contribution in [0.1, 0.15) is 27.3 Å². The Kier molecular flexibility index (Phi) is 8.29. The van der Waals surface area contributed by atoms with E-state index >= 15 is 4.39 Å². The lowest BCUT2D eigenvalue weighted by Crippen LogP contribution is -2.45. The van der Waals surface area contributed by atoms with Crippen LogP contribution in [0.25, 0.3) is 10.9 Å². The number of nitrogens with zero attached hydrogens (tertiary/aromatic N) is 5. The molecule has 40 heavy (non-hydrogen) atoms. The van der Waals surface area contributed by atoms with Crippen molar-refractivity contribution in [3.8, 4) is 12.3 Å². The van der Waals surface area contributed by atoms with E-state index in [2.05, 4.69) is 41.8 Å². The standard InChI is InChI=1S/C25H23FN8O5S/c1-4-8-34(11-15-10-17-19(9-13(15)2)27-14(3)28-23(17)36)21-16(6-5-7-18(21)26)22(35)29-20(24(37)38)12-40(39)25-30-32-33-31-25/h1,5-7,9-10,20H,8,11-12H2,2-3H3,(H,29,35)(H,37,38)(H,27,28,36)(H,30,31,32,33)/t20-,40?/m0/s1. The number of fused-ring (bicyclic) bond motifs is 1. The summed E-state index contributed by atoms with van der Waals surface area (Å²) in [6, 6.07) is 5.50. The predicted octanol–water partition coefficient (Wildman–Crippen LogP) is 0.823. The quantitative estimate of drug-likeness (QED) is 0.200. The number of halogens is 1. The number of amides is 1. The van der Waals surface area contributed by atoms with Crippen LogP contribution in [0.4, 0.5) is 10.1 Å². The van der Waals surface area contributed by atoms with Crippen molar-refractivity contribution in [3.05, 3.63) is 69.0 Å². The molecule has 0 saturated heterocycles. The van der Waals surface area contributed by atoms with Crippen molar-refractivity contribution in [2.45, 2.75) is 31.6 Å². The molecule has 0 spiro atoms. The van der Waals surface area contributed by atoms with E-state index in [0.717, 1.165) is 11.6 Å². The minimum Gasteiger partial charge on any atom is -0.480 e. The summed E-state index contributed by atoms with van der Waals surface area (Å²) >= 11 is 0. The highest BCUT2D eigenvalue weighted by Crippen LogP contribution is 2.28. The maximum Gasteiger partial charge on any atom is 0.327 e. The first-order chi connectivity index (χ1) is 19.1. The van der Waals surface area contributed by atoms with Crippen LogP contribution in [0, 0.1) is 32.0 Å². The number of hydrogen-bond acceptors (Lipinski definition) is 9. The number of hydrogen-bond donors (Lipinski definition) is 4. The number of aliphatic carboxylic acids is 1. The molecule has 4 N–H and O–H groups in total. The average Bonchev–Trinajstić information content (AvgIpc) is 3.44. The van der Waals surface area contributed by atoms with Crippen LogP contribution in [-0.4, -0.2) is 70.1 Å². The van der Waals surface area contributed by atoms with Crippen molar-refractivity contribution in [1.29, 1.82) is 0 Å². The molecular formula is C25H23FN8O5S. The number of tetrazole rings is 1. The lowest BCUT2D eigenvalue weighted by atomic mass is 10.0. The molecule has 1 unspecified atom stereocenters. The molecule has 15 heteroatoms. The molecule has 206 valence electrons. The Labute approximate surface area is 228 Å². The topological polar surface area (TPSA) is 187 Å². The average molecular weight is 567 g/mol. The van der Waals surface area contributed by atoms with Crippen LogP contribution in [0.15, 0.2) is 40.3 Å². The number of carboxylic acids is 1. The van der Waals surface area contributed by atoms with Gasteiger partial charge in [0, 0.05) is 6.54 Å². The van der Waals surface area contributed by atoms with Gasteiger partial charge in [-0.1, -0.05) is 17.1 Å². The summed E-state index contributed by atoms with van der Waals surface area (Å²) in [4.78, 5) is 46.0. The number of benzene rings is 2. The Balaban J connectivity index is 1.67. The highest BCUT2D eigenvalue weighted by atomic mass is 32.2. The molecule has 13 nitrogen and oxygen atoms in total. The first kappa shape index (κ1) is 28.0. The summed E-state index contributed by atoms with van der Waals surface area (Å²) in [5, 5.41) is 24.5. The first-order valence-corrected chi connectivity index (χ1v) is 13.0. The molecule has 2 heterocycles. The minimum absolute atomic E-state index is 0.0186. The molecule has 0 aliphatic carbocycles. The third-order valence-corrected chi connectivity index (χ3v) is 7.14. The largest absolute Gasteiger partial charge is 0.480 e. The zero-order valence-electron chi connectivity index (χ0n) is 21.3. The molecule has 4 aromatic rings. The van der Waals surface area contributed by atoms with E-state index in [9.17, 15) is 23.7 Å². The van der Waals surface area contributed by atoms with Crippen molar-refractivity contribution >= 4 is 39.3 Å². The lowest BCUT2D eigenvalue weighted by molar-refractivity contribution is -0.138. The highest BCUT2D eigenvalue weighted by molar-refractivity contribution is 7.84. The monoisotopic (exact) mass is 566 g/mol. The number of aromatic amines is 2. The molecule has 0 saturated carbocycles. The number of para-hydroxylation sites is 1. The summed E-state index contributed by atoms with van der Waals surface area (Å²) in [5.74, 6) is -0.829. The van der Waals surface area contributed by atoms with Crippen LogP contribution in [0.2, 0.25) is 0 Å². The van der Waals surface area contributed by atoms with Crippen molar-refractivity contribution < 1.29 is 23.3 Å². The van der Waals surface area contributed by atoms with Gasteiger partial charge in [0.2, 0.25) is 0 Å². The van der Waals surface area contributed by atoms with Gasteiger partial charge in [0.05, 0.1) is 45.3 Å². The fourth-order valence-electron chi connectivity index (χ4n) is 4.06. The van der Waals surface area contributed by atoms with Crippen molar-refractivity contribution in [3.63, 3.8) is 0 Å². The predicted molar refractivity (Wildman–Crippen MR) is 142 cm³/mol. The zero-order chi connectivity index (χ0) is 29.0. The number of rotatable bonds is 10. The van der Waals surface area contributed by atoms with Crippen LogP contribution < -0.4 is 15.8 Å². The number of H-pyrrole nitrogens is 2. The second kappa shape index (κ2) is 11.8. The number of aryl methyl sites for hydroxylation is 2. The van der Waals surface area contributed by atoms with E-state index in [1.54, 1.807) is 26.0 Å².